The Morgan fingerprint density at radius 2 is 1.80 bits per heavy atom. The molecule has 206 valence electrons. The number of ether oxygens (including phenoxy) is 4. The summed E-state index contributed by atoms with van der Waals surface area (Å²) in [5, 5.41) is 10.6. The Morgan fingerprint density at radius 3 is 2.54 bits per heavy atom. The van der Waals surface area contributed by atoms with Crippen molar-refractivity contribution in [2.45, 2.75) is 19.4 Å². The summed E-state index contributed by atoms with van der Waals surface area (Å²) >= 11 is 9.36. The Kier molecular flexibility index (Phi) is 8.48. The van der Waals surface area contributed by atoms with Crippen LogP contribution in [-0.2, 0) is 6.61 Å². The van der Waals surface area contributed by atoms with Crippen LogP contribution in [0.5, 0.6) is 23.0 Å². The van der Waals surface area contributed by atoms with E-state index in [-0.39, 0.29) is 17.2 Å². The number of hydrogen-bond acceptors (Lipinski definition) is 7. The van der Waals surface area contributed by atoms with Gasteiger partial charge in [-0.25, -0.2) is 4.79 Å². The topological polar surface area (TPSA) is 104 Å². The highest BCUT2D eigenvalue weighted by Gasteiger charge is 2.32. The average Bonchev–Trinajstić information content (AvgIpc) is 2.97. The lowest BCUT2D eigenvalue weighted by Gasteiger charge is -2.27. The minimum Gasteiger partial charge on any atom is -0.490 e. The molecular formula is C32H24BrClN2O5. The standard InChI is InChI=1S/C32H24BrClN2O5/c1-2-38-29-15-20(9-14-27(29)39-18-19-7-10-21(34)11-8-19)30-24-13-12-22(16-28(24)41-31(36)25(30)17-35)40-32(37)23-5-3-4-6-26(23)33/h3-16,30H,2,18,36H2,1H3. The maximum atomic E-state index is 12.7. The predicted octanol–water partition coefficient (Wildman–Crippen LogP) is 7.52. The van der Waals surface area contributed by atoms with Gasteiger partial charge in [0.05, 0.1) is 18.1 Å². The van der Waals surface area contributed by atoms with E-state index in [0.29, 0.717) is 51.1 Å². The summed E-state index contributed by atoms with van der Waals surface area (Å²) in [7, 11) is 0. The number of allylic oxidation sites excluding steroid dienone is 1. The van der Waals surface area contributed by atoms with Crippen LogP contribution in [0.2, 0.25) is 5.02 Å². The van der Waals surface area contributed by atoms with E-state index in [1.807, 2.05) is 55.5 Å². The summed E-state index contributed by atoms with van der Waals surface area (Å²) in [5.41, 5.74) is 9.25. The van der Waals surface area contributed by atoms with Gasteiger partial charge in [-0.05, 0) is 76.4 Å². The van der Waals surface area contributed by atoms with Crippen LogP contribution in [0.3, 0.4) is 0 Å². The first kappa shape index (κ1) is 28.1. The van der Waals surface area contributed by atoms with Crippen molar-refractivity contribution in [3.63, 3.8) is 0 Å². The zero-order valence-electron chi connectivity index (χ0n) is 21.9. The SMILES string of the molecule is CCOc1cc(C2C(C#N)=C(N)Oc3cc(OC(=O)c4ccccc4Br)ccc32)ccc1OCc1ccc(Cl)cc1. The maximum Gasteiger partial charge on any atom is 0.344 e. The van der Waals surface area contributed by atoms with Gasteiger partial charge in [0.2, 0.25) is 5.88 Å². The molecule has 41 heavy (non-hydrogen) atoms. The van der Waals surface area contributed by atoms with E-state index in [2.05, 4.69) is 22.0 Å². The summed E-state index contributed by atoms with van der Waals surface area (Å²) in [5.74, 6) is 0.648. The van der Waals surface area contributed by atoms with Crippen LogP contribution in [0, 0.1) is 11.3 Å². The van der Waals surface area contributed by atoms with Crippen molar-refractivity contribution in [3.05, 3.63) is 128 Å². The molecule has 1 atom stereocenters. The molecule has 0 aromatic heterocycles. The monoisotopic (exact) mass is 630 g/mol. The number of carbonyl (C=O) groups is 1. The quantitative estimate of drug-likeness (QED) is 0.158. The van der Waals surface area contributed by atoms with E-state index < -0.39 is 11.9 Å². The van der Waals surface area contributed by atoms with Crippen molar-refractivity contribution in [2.75, 3.05) is 6.61 Å². The highest BCUT2D eigenvalue weighted by Crippen LogP contribution is 2.45. The lowest BCUT2D eigenvalue weighted by Crippen LogP contribution is -2.21. The van der Waals surface area contributed by atoms with Crippen LogP contribution < -0.4 is 24.7 Å². The van der Waals surface area contributed by atoms with Crippen LogP contribution >= 0.6 is 27.5 Å². The lowest BCUT2D eigenvalue weighted by atomic mass is 9.83. The maximum absolute atomic E-state index is 12.7. The third kappa shape index (κ3) is 6.17. The molecule has 1 aliphatic heterocycles. The largest absolute Gasteiger partial charge is 0.490 e. The molecule has 0 radical (unpaired) electrons. The van der Waals surface area contributed by atoms with Gasteiger partial charge in [0.25, 0.3) is 0 Å². The number of esters is 1. The number of halogens is 2. The lowest BCUT2D eigenvalue weighted by molar-refractivity contribution is 0.0733. The van der Waals surface area contributed by atoms with Gasteiger partial charge in [-0.1, -0.05) is 48.0 Å². The van der Waals surface area contributed by atoms with Crippen molar-refractivity contribution >= 4 is 33.5 Å². The van der Waals surface area contributed by atoms with Crippen molar-refractivity contribution < 1.29 is 23.7 Å². The molecule has 4 aromatic carbocycles. The van der Waals surface area contributed by atoms with E-state index in [1.54, 1.807) is 36.4 Å². The molecule has 0 saturated carbocycles. The first-order chi connectivity index (χ1) is 19.9. The minimum absolute atomic E-state index is 0.0275. The molecule has 1 unspecified atom stereocenters. The summed E-state index contributed by atoms with van der Waals surface area (Å²) in [4.78, 5) is 12.7. The molecule has 9 heteroatoms. The minimum atomic E-state index is -0.540. The first-order valence-corrected chi connectivity index (χ1v) is 13.9. The second-order valence-corrected chi connectivity index (χ2v) is 10.3. The fourth-order valence-electron chi connectivity index (χ4n) is 4.46. The van der Waals surface area contributed by atoms with Crippen LogP contribution in [0.15, 0.2) is 101 Å². The third-order valence-electron chi connectivity index (χ3n) is 6.40. The van der Waals surface area contributed by atoms with Gasteiger partial charge in [0.1, 0.15) is 29.7 Å². The molecule has 0 spiro atoms. The van der Waals surface area contributed by atoms with Gasteiger partial charge in [0.15, 0.2) is 11.5 Å². The van der Waals surface area contributed by atoms with Crippen LogP contribution in [0.1, 0.15) is 39.9 Å². The Morgan fingerprint density at radius 1 is 1.02 bits per heavy atom. The predicted molar refractivity (Wildman–Crippen MR) is 158 cm³/mol. The number of nitriles is 1. The Balaban J connectivity index is 1.45. The summed E-state index contributed by atoms with van der Waals surface area (Å²) in [6.07, 6.45) is 0. The summed E-state index contributed by atoms with van der Waals surface area (Å²) in [6, 6.07) is 27.1. The highest BCUT2D eigenvalue weighted by atomic mass is 79.9. The molecule has 2 N–H and O–H groups in total. The normalized spacial score (nSPS) is 14.0. The molecule has 0 saturated heterocycles. The number of carbonyl (C=O) groups excluding carboxylic acids is 1. The van der Waals surface area contributed by atoms with E-state index in [9.17, 15) is 10.1 Å². The van der Waals surface area contributed by atoms with Crippen LogP contribution in [0.4, 0.5) is 0 Å². The van der Waals surface area contributed by atoms with Gasteiger partial charge in [-0.15, -0.1) is 0 Å². The number of hydrogen-bond donors (Lipinski definition) is 1. The average molecular weight is 632 g/mol. The molecule has 0 fully saturated rings. The van der Waals surface area contributed by atoms with E-state index in [0.717, 1.165) is 11.1 Å². The summed E-state index contributed by atoms with van der Waals surface area (Å²) in [6.45, 7) is 2.63. The Hall–Kier alpha value is -4.45. The number of rotatable bonds is 8. The number of nitrogens with two attached hydrogens (primary N) is 1. The first-order valence-electron chi connectivity index (χ1n) is 12.7. The molecule has 0 aliphatic carbocycles. The van der Waals surface area contributed by atoms with Crippen LogP contribution in [-0.4, -0.2) is 12.6 Å². The number of fused-ring (bicyclic) bond motifs is 1. The zero-order valence-corrected chi connectivity index (χ0v) is 24.2. The Labute approximate surface area is 250 Å². The van der Waals surface area contributed by atoms with E-state index in [4.69, 9.17) is 36.3 Å². The zero-order chi connectivity index (χ0) is 28.9. The van der Waals surface area contributed by atoms with Crippen LogP contribution in [0.25, 0.3) is 0 Å². The number of benzene rings is 4. The molecule has 4 aromatic rings. The second-order valence-electron chi connectivity index (χ2n) is 9.05. The molecule has 5 rings (SSSR count). The van der Waals surface area contributed by atoms with Crippen molar-refractivity contribution in [1.29, 1.82) is 5.26 Å². The van der Waals surface area contributed by atoms with Gasteiger partial charge in [-0.3, -0.25) is 0 Å². The fourth-order valence-corrected chi connectivity index (χ4v) is 5.04. The smallest absolute Gasteiger partial charge is 0.344 e. The molecule has 0 bridgehead atoms. The molecular weight excluding hydrogens is 608 g/mol. The molecule has 7 nitrogen and oxygen atoms in total. The van der Waals surface area contributed by atoms with E-state index in [1.165, 1.54) is 0 Å². The molecule has 1 heterocycles. The van der Waals surface area contributed by atoms with Gasteiger partial charge in [-0.2, -0.15) is 5.26 Å². The van der Waals surface area contributed by atoms with E-state index >= 15 is 0 Å². The highest BCUT2D eigenvalue weighted by molar-refractivity contribution is 9.10. The van der Waals surface area contributed by atoms with Gasteiger partial charge >= 0.3 is 5.97 Å². The van der Waals surface area contributed by atoms with Crippen molar-refractivity contribution in [2.24, 2.45) is 5.73 Å². The van der Waals surface area contributed by atoms with Crippen molar-refractivity contribution in [3.8, 4) is 29.1 Å². The fraction of sp³-hybridized carbons (Fsp3) is 0.125. The molecule has 1 aliphatic rings. The molecule has 0 amide bonds. The van der Waals surface area contributed by atoms with Gasteiger partial charge < -0.3 is 24.7 Å². The second kappa shape index (κ2) is 12.4. The van der Waals surface area contributed by atoms with Gasteiger partial charge in [0, 0.05) is 21.1 Å². The summed E-state index contributed by atoms with van der Waals surface area (Å²) < 4.78 is 24.0. The third-order valence-corrected chi connectivity index (χ3v) is 7.35. The van der Waals surface area contributed by atoms with Crippen molar-refractivity contribution in [1.82, 2.24) is 0 Å². The number of nitrogens with zero attached hydrogens (tertiary/aromatic N) is 1. The Bertz CT molecular complexity index is 1680.